The minimum atomic E-state index is -0.484. The van der Waals surface area contributed by atoms with Crippen molar-refractivity contribution in [3.63, 3.8) is 0 Å². The number of hydrazine groups is 1. The molecular formula is C24H20N6O2S. The second kappa shape index (κ2) is 8.41. The molecule has 8 nitrogen and oxygen atoms in total. The van der Waals surface area contributed by atoms with E-state index < -0.39 is 5.92 Å². The van der Waals surface area contributed by atoms with Gasteiger partial charge in [-0.2, -0.15) is 10.4 Å². The zero-order chi connectivity index (χ0) is 22.9. The van der Waals surface area contributed by atoms with Crippen molar-refractivity contribution in [3.05, 3.63) is 91.8 Å². The van der Waals surface area contributed by atoms with Crippen LogP contribution >= 0.6 is 11.3 Å². The average molecular weight is 457 g/mol. The van der Waals surface area contributed by atoms with Crippen LogP contribution in [-0.2, 0) is 4.79 Å². The van der Waals surface area contributed by atoms with Crippen LogP contribution in [0.1, 0.15) is 30.1 Å². The number of rotatable bonds is 4. The molecular weight excluding hydrogens is 436 g/mol. The van der Waals surface area contributed by atoms with E-state index in [4.69, 9.17) is 5.73 Å². The molecule has 5 rings (SSSR count). The number of aromatic nitrogens is 2. The van der Waals surface area contributed by atoms with Crippen molar-refractivity contribution in [3.8, 4) is 17.3 Å². The molecule has 4 N–H and O–H groups in total. The molecule has 164 valence electrons. The Hall–Kier alpha value is -4.16. The van der Waals surface area contributed by atoms with E-state index >= 15 is 0 Å². The summed E-state index contributed by atoms with van der Waals surface area (Å²) in [5.41, 5.74) is 12.7. The number of Topliss-reactive ketones (excluding diaryl/α,β-unsaturated/α-hetero) is 1. The first-order valence-electron chi connectivity index (χ1n) is 10.5. The van der Waals surface area contributed by atoms with E-state index in [1.165, 1.54) is 17.4 Å². The predicted molar refractivity (Wildman–Crippen MR) is 126 cm³/mol. The van der Waals surface area contributed by atoms with Crippen LogP contribution in [-0.4, -0.2) is 21.0 Å². The lowest BCUT2D eigenvalue weighted by atomic mass is 9.79. The summed E-state index contributed by atoms with van der Waals surface area (Å²) in [6, 6.07) is 16.8. The number of allylic oxidation sites excluding steroid dienone is 3. The lowest BCUT2D eigenvalue weighted by molar-refractivity contribution is -0.116. The minimum Gasteiger partial charge on any atom is -0.383 e. The van der Waals surface area contributed by atoms with Crippen LogP contribution in [0.15, 0.2) is 81.4 Å². The molecule has 9 heteroatoms. The number of benzene rings is 1. The fourth-order valence-corrected chi connectivity index (χ4v) is 5.22. The fourth-order valence-electron chi connectivity index (χ4n) is 4.38. The molecule has 3 heterocycles. The van der Waals surface area contributed by atoms with E-state index in [0.717, 1.165) is 16.1 Å². The summed E-state index contributed by atoms with van der Waals surface area (Å²) in [5.74, 6) is -0.264. The Morgan fingerprint density at radius 3 is 2.73 bits per heavy atom. The first kappa shape index (κ1) is 20.7. The molecule has 2 aromatic heterocycles. The maximum Gasteiger partial charge on any atom is 0.266 e. The molecule has 1 atom stereocenters. The number of H-pyrrole nitrogens is 1. The Labute approximate surface area is 193 Å². The van der Waals surface area contributed by atoms with Crippen molar-refractivity contribution in [2.75, 3.05) is 5.43 Å². The quantitative estimate of drug-likeness (QED) is 0.547. The molecule has 1 aromatic carbocycles. The van der Waals surface area contributed by atoms with Crippen LogP contribution < -0.4 is 16.7 Å². The van der Waals surface area contributed by atoms with Crippen molar-refractivity contribution < 1.29 is 4.79 Å². The molecule has 33 heavy (non-hydrogen) atoms. The lowest BCUT2D eigenvalue weighted by Crippen LogP contribution is -2.41. The number of nitriles is 1. The monoisotopic (exact) mass is 456 g/mol. The largest absolute Gasteiger partial charge is 0.383 e. The highest BCUT2D eigenvalue weighted by atomic mass is 32.1. The van der Waals surface area contributed by atoms with Crippen LogP contribution in [0.3, 0.4) is 0 Å². The lowest BCUT2D eigenvalue weighted by Gasteiger charge is -2.39. The highest BCUT2D eigenvalue weighted by molar-refractivity contribution is 7.10. The van der Waals surface area contributed by atoms with Gasteiger partial charge in [0.25, 0.3) is 5.56 Å². The van der Waals surface area contributed by atoms with Crippen molar-refractivity contribution in [2.24, 2.45) is 5.73 Å². The summed E-state index contributed by atoms with van der Waals surface area (Å²) >= 11 is 1.49. The topological polar surface area (TPSA) is 128 Å². The standard InChI is InChI=1S/C24H20N6O2S/c25-13-15-21(19-10-5-11-33-19)22-17(8-4-9-18(22)31)30(24(15)26)29-16-12-20(32)27-28-23(16)14-6-2-1-3-7-14/h1-3,5-7,10-12,21H,4,8-9,26H2,(H2,27,29,32)/t21-/m0/s1. The molecule has 1 aliphatic heterocycles. The van der Waals surface area contributed by atoms with E-state index in [9.17, 15) is 14.9 Å². The van der Waals surface area contributed by atoms with Gasteiger partial charge in [-0.25, -0.2) is 10.1 Å². The summed E-state index contributed by atoms with van der Waals surface area (Å²) in [6.45, 7) is 0. The number of ketones is 1. The number of nitrogens with two attached hydrogens (primary N) is 1. The Kier molecular flexibility index (Phi) is 5.28. The number of carbonyl (C=O) groups excluding carboxylic acids is 1. The van der Waals surface area contributed by atoms with E-state index in [-0.39, 0.29) is 17.2 Å². The molecule has 0 amide bonds. The molecule has 0 radical (unpaired) electrons. The van der Waals surface area contributed by atoms with Crippen molar-refractivity contribution in [1.82, 2.24) is 15.2 Å². The number of nitrogens with zero attached hydrogens (tertiary/aromatic N) is 3. The van der Waals surface area contributed by atoms with Gasteiger partial charge >= 0.3 is 0 Å². The molecule has 1 aliphatic carbocycles. The van der Waals surface area contributed by atoms with E-state index in [2.05, 4.69) is 21.7 Å². The molecule has 0 saturated heterocycles. The number of thiophene rings is 1. The number of hydrogen-bond donors (Lipinski definition) is 3. The molecule has 3 aromatic rings. The fraction of sp³-hybridized carbons (Fsp3) is 0.167. The molecule has 2 aliphatic rings. The minimum absolute atomic E-state index is 0.00835. The summed E-state index contributed by atoms with van der Waals surface area (Å²) in [5, 5.41) is 20.2. The Balaban J connectivity index is 1.66. The second-order valence-electron chi connectivity index (χ2n) is 7.80. The number of carbonyl (C=O) groups is 1. The Morgan fingerprint density at radius 1 is 1.18 bits per heavy atom. The first-order valence-corrected chi connectivity index (χ1v) is 11.4. The van der Waals surface area contributed by atoms with Gasteiger partial charge in [-0.3, -0.25) is 15.0 Å². The Bertz CT molecular complexity index is 1380. The van der Waals surface area contributed by atoms with Gasteiger partial charge in [0.15, 0.2) is 5.78 Å². The number of hydrogen-bond acceptors (Lipinski definition) is 8. The zero-order valence-electron chi connectivity index (χ0n) is 17.5. The van der Waals surface area contributed by atoms with Crippen LogP contribution in [0.25, 0.3) is 11.3 Å². The summed E-state index contributed by atoms with van der Waals surface area (Å²) in [7, 11) is 0. The number of nitrogens with one attached hydrogen (secondary N) is 2. The van der Waals surface area contributed by atoms with Crippen LogP contribution in [0.2, 0.25) is 0 Å². The first-order chi connectivity index (χ1) is 16.1. The number of anilines is 1. The van der Waals surface area contributed by atoms with Gasteiger partial charge in [0.2, 0.25) is 0 Å². The average Bonchev–Trinajstić information content (AvgIpc) is 3.36. The number of aromatic amines is 1. The molecule has 0 fully saturated rings. The maximum atomic E-state index is 13.1. The highest BCUT2D eigenvalue weighted by Crippen LogP contribution is 2.46. The van der Waals surface area contributed by atoms with E-state index in [1.807, 2.05) is 47.8 Å². The SMILES string of the molecule is N#CC1=C(N)N(Nc2cc(=O)[nH]nc2-c2ccccc2)C2=C(C(=O)CCC2)[C@@H]1c1cccs1. The van der Waals surface area contributed by atoms with E-state index in [1.54, 1.807) is 5.01 Å². The van der Waals surface area contributed by atoms with Gasteiger partial charge in [0, 0.05) is 34.2 Å². The van der Waals surface area contributed by atoms with Crippen molar-refractivity contribution in [1.29, 1.82) is 5.26 Å². The second-order valence-corrected chi connectivity index (χ2v) is 8.78. The predicted octanol–water partition coefficient (Wildman–Crippen LogP) is 3.63. The molecule has 0 unspecified atom stereocenters. The third-order valence-corrected chi connectivity index (χ3v) is 6.77. The van der Waals surface area contributed by atoms with Gasteiger partial charge < -0.3 is 5.73 Å². The van der Waals surface area contributed by atoms with Crippen molar-refractivity contribution in [2.45, 2.75) is 25.2 Å². The van der Waals surface area contributed by atoms with Gasteiger partial charge in [-0.1, -0.05) is 36.4 Å². The van der Waals surface area contributed by atoms with Gasteiger partial charge in [0.1, 0.15) is 11.5 Å². The molecule has 0 saturated carbocycles. The third-order valence-electron chi connectivity index (χ3n) is 5.83. The van der Waals surface area contributed by atoms with Crippen LogP contribution in [0.4, 0.5) is 5.69 Å². The van der Waals surface area contributed by atoms with E-state index in [0.29, 0.717) is 41.8 Å². The van der Waals surface area contributed by atoms with Crippen molar-refractivity contribution >= 4 is 22.8 Å². The normalized spacial score (nSPS) is 18.2. The summed E-state index contributed by atoms with van der Waals surface area (Å²) in [6.07, 6.45) is 1.73. The smallest absolute Gasteiger partial charge is 0.266 e. The summed E-state index contributed by atoms with van der Waals surface area (Å²) in [4.78, 5) is 26.1. The van der Waals surface area contributed by atoms with Crippen LogP contribution in [0.5, 0.6) is 0 Å². The molecule has 0 spiro atoms. The zero-order valence-corrected chi connectivity index (χ0v) is 18.4. The van der Waals surface area contributed by atoms with Gasteiger partial charge in [-0.05, 0) is 24.3 Å². The molecule has 0 bridgehead atoms. The third kappa shape index (κ3) is 3.60. The van der Waals surface area contributed by atoms with Gasteiger partial charge in [-0.15, -0.1) is 11.3 Å². The maximum absolute atomic E-state index is 13.1. The van der Waals surface area contributed by atoms with Gasteiger partial charge in [0.05, 0.1) is 23.2 Å². The Morgan fingerprint density at radius 2 is 2.00 bits per heavy atom. The summed E-state index contributed by atoms with van der Waals surface area (Å²) < 4.78 is 0. The highest BCUT2D eigenvalue weighted by Gasteiger charge is 2.40. The van der Waals surface area contributed by atoms with Crippen LogP contribution in [0, 0.1) is 11.3 Å².